The predicted octanol–water partition coefficient (Wildman–Crippen LogP) is 4.13. The fraction of sp³-hybridized carbons (Fsp3) is 0.136. The summed E-state index contributed by atoms with van der Waals surface area (Å²) in [6.07, 6.45) is 3.11. The molecular weight excluding hydrogens is 385 g/mol. The van der Waals surface area contributed by atoms with Crippen LogP contribution < -0.4 is 16.0 Å². The average Bonchev–Trinajstić information content (AvgIpc) is 3.22. The monoisotopic (exact) mass is 403 g/mol. The van der Waals surface area contributed by atoms with E-state index < -0.39 is 11.4 Å². The first-order chi connectivity index (χ1) is 14.5. The van der Waals surface area contributed by atoms with Crippen molar-refractivity contribution in [2.24, 2.45) is 0 Å². The summed E-state index contributed by atoms with van der Waals surface area (Å²) in [5.41, 5.74) is 8.44. The highest BCUT2D eigenvalue weighted by atomic mass is 19.1. The Morgan fingerprint density at radius 3 is 2.77 bits per heavy atom. The number of rotatable bonds is 3. The highest BCUT2D eigenvalue weighted by molar-refractivity contribution is 6.15. The van der Waals surface area contributed by atoms with E-state index in [-0.39, 0.29) is 17.3 Å². The molecule has 5 aromatic rings. The molecule has 3 heterocycles. The van der Waals surface area contributed by atoms with Gasteiger partial charge >= 0.3 is 0 Å². The fourth-order valence-electron chi connectivity index (χ4n) is 3.85. The lowest BCUT2D eigenvalue weighted by Gasteiger charge is -2.17. The highest BCUT2D eigenvalue weighted by Gasteiger charge is 2.20. The van der Waals surface area contributed by atoms with Crippen LogP contribution in [0.25, 0.3) is 43.8 Å². The van der Waals surface area contributed by atoms with E-state index in [1.807, 2.05) is 26.0 Å². The van der Waals surface area contributed by atoms with Gasteiger partial charge in [-0.05, 0) is 43.7 Å². The molecule has 0 unspecified atom stereocenters. The molecule has 0 saturated carbocycles. The zero-order valence-corrected chi connectivity index (χ0v) is 16.3. The van der Waals surface area contributed by atoms with E-state index in [9.17, 15) is 9.18 Å². The first-order valence-electron chi connectivity index (χ1n) is 9.47. The molecule has 0 amide bonds. The summed E-state index contributed by atoms with van der Waals surface area (Å²) in [6, 6.07) is 8.42. The fourth-order valence-corrected chi connectivity index (χ4v) is 3.85. The minimum atomic E-state index is -0.433. The Hall–Kier alpha value is -3.94. The first kappa shape index (κ1) is 18.1. The van der Waals surface area contributed by atoms with Crippen LogP contribution in [-0.4, -0.2) is 26.3 Å². The molecule has 0 fully saturated rings. The molecule has 4 N–H and O–H groups in total. The third-order valence-corrected chi connectivity index (χ3v) is 5.07. The largest absolute Gasteiger partial charge is 0.489 e. The van der Waals surface area contributed by atoms with Crippen LogP contribution in [0.15, 0.2) is 47.5 Å². The second-order valence-corrected chi connectivity index (χ2v) is 7.36. The van der Waals surface area contributed by atoms with Crippen LogP contribution in [0.2, 0.25) is 0 Å². The molecule has 150 valence electrons. The third kappa shape index (κ3) is 2.61. The van der Waals surface area contributed by atoms with Gasteiger partial charge in [-0.3, -0.25) is 14.9 Å². The molecule has 0 aliphatic heterocycles. The van der Waals surface area contributed by atoms with Crippen molar-refractivity contribution < 1.29 is 9.13 Å². The highest BCUT2D eigenvalue weighted by Crippen LogP contribution is 2.40. The predicted molar refractivity (Wildman–Crippen MR) is 115 cm³/mol. The number of nitrogens with zero attached hydrogens (tertiary/aromatic N) is 2. The number of anilines is 1. The maximum atomic E-state index is 14.2. The van der Waals surface area contributed by atoms with E-state index in [1.165, 1.54) is 12.3 Å². The molecule has 0 atom stereocenters. The molecule has 8 heteroatoms. The van der Waals surface area contributed by atoms with Gasteiger partial charge in [-0.15, -0.1) is 0 Å². The maximum Gasteiger partial charge on any atom is 0.272 e. The van der Waals surface area contributed by atoms with Crippen molar-refractivity contribution in [1.29, 1.82) is 0 Å². The summed E-state index contributed by atoms with van der Waals surface area (Å²) in [4.78, 5) is 20.1. The van der Waals surface area contributed by atoms with E-state index >= 15 is 0 Å². The normalized spacial score (nSPS) is 11.7. The third-order valence-electron chi connectivity index (χ3n) is 5.07. The van der Waals surface area contributed by atoms with Crippen LogP contribution >= 0.6 is 0 Å². The van der Waals surface area contributed by atoms with Crippen LogP contribution in [0.5, 0.6) is 5.75 Å². The van der Waals surface area contributed by atoms with Crippen molar-refractivity contribution in [1.82, 2.24) is 20.2 Å². The Morgan fingerprint density at radius 2 is 1.97 bits per heavy atom. The van der Waals surface area contributed by atoms with Gasteiger partial charge in [-0.2, -0.15) is 5.10 Å². The van der Waals surface area contributed by atoms with Crippen LogP contribution in [0.4, 0.5) is 10.1 Å². The molecule has 0 spiro atoms. The van der Waals surface area contributed by atoms with Gasteiger partial charge in [-0.25, -0.2) is 4.39 Å². The Bertz CT molecular complexity index is 1500. The molecule has 0 aliphatic carbocycles. The first-order valence-corrected chi connectivity index (χ1v) is 9.47. The summed E-state index contributed by atoms with van der Waals surface area (Å²) in [7, 11) is 0. The summed E-state index contributed by atoms with van der Waals surface area (Å²) < 4.78 is 20.2. The van der Waals surface area contributed by atoms with E-state index in [4.69, 9.17) is 10.5 Å². The molecule has 2 aromatic carbocycles. The van der Waals surface area contributed by atoms with Gasteiger partial charge in [0.25, 0.3) is 5.56 Å². The molecule has 0 bridgehead atoms. The van der Waals surface area contributed by atoms with E-state index in [0.29, 0.717) is 38.7 Å². The molecule has 0 aliphatic rings. The Kier molecular flexibility index (Phi) is 3.95. The van der Waals surface area contributed by atoms with Gasteiger partial charge in [0.05, 0.1) is 17.8 Å². The lowest BCUT2D eigenvalue weighted by molar-refractivity contribution is 0.245. The van der Waals surface area contributed by atoms with Crippen molar-refractivity contribution in [3.05, 3.63) is 58.9 Å². The number of hydrogen-bond donors (Lipinski definition) is 3. The van der Waals surface area contributed by atoms with E-state index in [2.05, 4.69) is 20.2 Å². The van der Waals surface area contributed by atoms with Crippen molar-refractivity contribution in [3.63, 3.8) is 0 Å². The Balaban J connectivity index is 1.98. The number of fused-ring (bicyclic) bond motifs is 4. The number of hydrogen-bond acceptors (Lipinski definition) is 5. The summed E-state index contributed by atoms with van der Waals surface area (Å²) in [6.45, 7) is 3.85. The smallest absolute Gasteiger partial charge is 0.272 e. The number of aromatic amines is 2. The number of benzene rings is 2. The Labute approximate surface area is 169 Å². The summed E-state index contributed by atoms with van der Waals surface area (Å²) in [5, 5.41) is 8.56. The van der Waals surface area contributed by atoms with E-state index in [0.717, 1.165) is 5.39 Å². The standard InChI is InChI=1S/C22H18FN5O2/c1-10(2)30-16-8-13-17(11-5-6-15(23)20-14(11)9-26-28-20)18(24)22(29)27-19(13)12-4-3-7-25-21(12)16/h3-10H,24H2,1-2H3,(H,26,28)(H,27,29). The number of pyridine rings is 2. The second-order valence-electron chi connectivity index (χ2n) is 7.36. The van der Waals surface area contributed by atoms with Gasteiger partial charge in [0, 0.05) is 27.9 Å². The van der Waals surface area contributed by atoms with Crippen molar-refractivity contribution in [2.45, 2.75) is 20.0 Å². The van der Waals surface area contributed by atoms with Crippen molar-refractivity contribution in [3.8, 4) is 16.9 Å². The van der Waals surface area contributed by atoms with Gasteiger partial charge in [-0.1, -0.05) is 6.07 Å². The number of ether oxygens (including phenoxy) is 1. The van der Waals surface area contributed by atoms with Crippen LogP contribution in [0.3, 0.4) is 0 Å². The molecule has 30 heavy (non-hydrogen) atoms. The van der Waals surface area contributed by atoms with Crippen LogP contribution in [0.1, 0.15) is 13.8 Å². The lowest BCUT2D eigenvalue weighted by atomic mass is 9.95. The van der Waals surface area contributed by atoms with Gasteiger partial charge in [0.2, 0.25) is 0 Å². The van der Waals surface area contributed by atoms with Crippen molar-refractivity contribution in [2.75, 3.05) is 5.73 Å². The quantitative estimate of drug-likeness (QED) is 0.393. The van der Waals surface area contributed by atoms with Gasteiger partial charge in [0.1, 0.15) is 28.3 Å². The summed E-state index contributed by atoms with van der Waals surface area (Å²) >= 11 is 0. The number of H-pyrrole nitrogens is 2. The number of nitrogens with two attached hydrogens (primary N) is 1. The number of nitrogen functional groups attached to an aromatic ring is 1. The van der Waals surface area contributed by atoms with Gasteiger partial charge < -0.3 is 15.5 Å². The second kappa shape index (κ2) is 6.55. The zero-order chi connectivity index (χ0) is 21.0. The molecular formula is C22H18FN5O2. The minimum Gasteiger partial charge on any atom is -0.489 e. The maximum absolute atomic E-state index is 14.2. The zero-order valence-electron chi connectivity index (χ0n) is 16.3. The molecule has 5 rings (SSSR count). The molecule has 0 saturated heterocycles. The molecule has 0 radical (unpaired) electrons. The minimum absolute atomic E-state index is 0.0374. The number of nitrogens with one attached hydrogen (secondary N) is 2. The topological polar surface area (TPSA) is 110 Å². The van der Waals surface area contributed by atoms with Crippen LogP contribution in [0, 0.1) is 5.82 Å². The Morgan fingerprint density at radius 1 is 1.13 bits per heavy atom. The van der Waals surface area contributed by atoms with E-state index in [1.54, 1.807) is 18.3 Å². The SMILES string of the molecule is CC(C)Oc1cc2c(-c3ccc(F)c4[nH]ncc34)c(N)c(=O)[nH]c2c2cccnc12. The average molecular weight is 403 g/mol. The lowest BCUT2D eigenvalue weighted by Crippen LogP contribution is -2.14. The van der Waals surface area contributed by atoms with Gasteiger partial charge in [0.15, 0.2) is 0 Å². The van der Waals surface area contributed by atoms with Crippen molar-refractivity contribution >= 4 is 38.4 Å². The molecule has 3 aromatic heterocycles. The summed E-state index contributed by atoms with van der Waals surface area (Å²) in [5.74, 6) is 0.142. The van der Waals surface area contributed by atoms with Crippen LogP contribution in [-0.2, 0) is 0 Å². The number of aromatic nitrogens is 4. The number of halogens is 1. The molecule has 7 nitrogen and oxygen atoms in total.